The average molecular weight is 318 g/mol. The van der Waals surface area contributed by atoms with E-state index in [2.05, 4.69) is 10.5 Å². The Morgan fingerprint density at radius 3 is 2.76 bits per heavy atom. The number of hydrazone groups is 1. The van der Waals surface area contributed by atoms with Gasteiger partial charge in [-0.3, -0.25) is 0 Å². The Bertz CT molecular complexity index is 579. The van der Waals surface area contributed by atoms with E-state index in [1.807, 2.05) is 0 Å². The van der Waals surface area contributed by atoms with Gasteiger partial charge < -0.3 is 19.1 Å². The van der Waals surface area contributed by atoms with E-state index in [9.17, 15) is 14.7 Å². The molecular formula is C13H15KN2O5. The van der Waals surface area contributed by atoms with Gasteiger partial charge in [0.2, 0.25) is 0 Å². The minimum atomic E-state index is -1.35. The first-order valence-corrected chi connectivity index (χ1v) is 6.37. The number of furan rings is 1. The molecule has 0 aromatic carbocycles. The van der Waals surface area contributed by atoms with Crippen LogP contribution in [0.4, 0.5) is 4.79 Å². The molecule has 0 unspecified atom stereocenters. The number of aryl methyl sites for hydroxylation is 1. The summed E-state index contributed by atoms with van der Waals surface area (Å²) in [6.45, 7) is 3.58. The Balaban J connectivity index is 0.00000220. The van der Waals surface area contributed by atoms with Crippen molar-refractivity contribution in [3.63, 3.8) is 0 Å². The molecule has 0 saturated heterocycles. The molecule has 2 rings (SSSR count). The minimum Gasteiger partial charge on any atom is -0.542 e. The molecule has 1 aromatic rings. The van der Waals surface area contributed by atoms with Gasteiger partial charge in [0.1, 0.15) is 11.7 Å². The molecule has 0 fully saturated rings. The van der Waals surface area contributed by atoms with E-state index in [0.717, 1.165) is 6.42 Å². The van der Waals surface area contributed by atoms with Crippen LogP contribution in [0.1, 0.15) is 47.2 Å². The summed E-state index contributed by atoms with van der Waals surface area (Å²) in [4.78, 5) is 22.2. The largest absolute Gasteiger partial charge is 1.00 e. The van der Waals surface area contributed by atoms with Gasteiger partial charge in [-0.05, 0) is 26.7 Å². The number of amides is 1. The van der Waals surface area contributed by atoms with Crippen LogP contribution in [-0.2, 0) is 11.2 Å². The molecule has 1 aliphatic carbocycles. The van der Waals surface area contributed by atoms with E-state index in [-0.39, 0.29) is 63.8 Å². The Hall–Kier alpha value is -0.674. The van der Waals surface area contributed by atoms with Gasteiger partial charge in [0.15, 0.2) is 5.76 Å². The molecule has 0 saturated carbocycles. The Morgan fingerprint density at radius 2 is 2.14 bits per heavy atom. The van der Waals surface area contributed by atoms with Crippen LogP contribution in [0.5, 0.6) is 0 Å². The van der Waals surface area contributed by atoms with Crippen LogP contribution in [-0.4, -0.2) is 24.4 Å². The summed E-state index contributed by atoms with van der Waals surface area (Å²) in [7, 11) is 0. The van der Waals surface area contributed by atoms with Crippen molar-refractivity contribution in [3.05, 3.63) is 22.6 Å². The van der Waals surface area contributed by atoms with Crippen molar-refractivity contribution in [2.45, 2.75) is 33.1 Å². The normalized spacial score (nSPS) is 15.0. The number of carboxylic acids is 1. The van der Waals surface area contributed by atoms with Gasteiger partial charge in [-0.1, -0.05) is 0 Å². The van der Waals surface area contributed by atoms with Crippen molar-refractivity contribution in [2.75, 3.05) is 6.61 Å². The number of hydrogen-bond donors (Lipinski definition) is 1. The maximum atomic E-state index is 11.2. The van der Waals surface area contributed by atoms with Crippen LogP contribution < -0.4 is 61.9 Å². The zero-order valence-electron chi connectivity index (χ0n) is 12.3. The van der Waals surface area contributed by atoms with E-state index < -0.39 is 12.1 Å². The first kappa shape index (κ1) is 18.4. The molecule has 0 aliphatic heterocycles. The zero-order valence-corrected chi connectivity index (χ0v) is 15.4. The fraction of sp³-hybridized carbons (Fsp3) is 0.462. The van der Waals surface area contributed by atoms with E-state index >= 15 is 0 Å². The maximum Gasteiger partial charge on any atom is 1.00 e. The second kappa shape index (κ2) is 8.09. The van der Waals surface area contributed by atoms with E-state index in [0.29, 0.717) is 35.4 Å². The van der Waals surface area contributed by atoms with Gasteiger partial charge in [0, 0.05) is 17.5 Å². The minimum absolute atomic E-state index is 0. The fourth-order valence-corrected chi connectivity index (χ4v) is 2.25. The monoisotopic (exact) mass is 318 g/mol. The standard InChI is InChI=1S/C13H16N2O5.K/c1-3-19-13(18)15-14-8-5-4-6-9-10(8)7(2)11(20-9)12(16)17;/h3-6H2,1-2H3,(H,15,18)(H,16,17);/q;+1/p-1/b14-8+;. The van der Waals surface area contributed by atoms with Gasteiger partial charge in [-0.2, -0.15) is 5.10 Å². The Labute approximate surface area is 164 Å². The molecule has 1 aromatic heterocycles. The molecule has 1 heterocycles. The average Bonchev–Trinajstić information content (AvgIpc) is 2.75. The summed E-state index contributed by atoms with van der Waals surface area (Å²) < 4.78 is 10.0. The van der Waals surface area contributed by atoms with Gasteiger partial charge in [0.25, 0.3) is 0 Å². The summed E-state index contributed by atoms with van der Waals surface area (Å²) in [5.74, 6) is -0.965. The number of fused-ring (bicyclic) bond motifs is 1. The van der Waals surface area contributed by atoms with Crippen LogP contribution in [0.15, 0.2) is 9.52 Å². The molecule has 1 aliphatic rings. The number of rotatable bonds is 3. The fourth-order valence-electron chi connectivity index (χ4n) is 2.25. The first-order valence-electron chi connectivity index (χ1n) is 6.37. The molecule has 108 valence electrons. The SMILES string of the molecule is CCOC(=O)N/N=C1\CCCc2oc(C(=O)[O-])c(C)c21.[K+]. The quantitative estimate of drug-likeness (QED) is 0.500. The summed E-state index contributed by atoms with van der Waals surface area (Å²) in [6, 6.07) is 0. The first-order chi connectivity index (χ1) is 9.54. The molecule has 21 heavy (non-hydrogen) atoms. The molecule has 1 amide bonds. The number of nitrogens with zero attached hydrogens (tertiary/aromatic N) is 1. The number of hydrogen-bond acceptors (Lipinski definition) is 6. The molecule has 0 atom stereocenters. The summed E-state index contributed by atoms with van der Waals surface area (Å²) in [5.41, 5.74) is 3.99. The predicted octanol–water partition coefficient (Wildman–Crippen LogP) is -2.26. The summed E-state index contributed by atoms with van der Waals surface area (Å²) in [5, 5.41) is 15.0. The molecule has 1 N–H and O–H groups in total. The molecular weight excluding hydrogens is 303 g/mol. The molecule has 8 heteroatoms. The van der Waals surface area contributed by atoms with E-state index in [1.165, 1.54) is 0 Å². The smallest absolute Gasteiger partial charge is 0.542 e. The molecule has 0 radical (unpaired) electrons. The van der Waals surface area contributed by atoms with Crippen molar-refractivity contribution < 1.29 is 75.2 Å². The van der Waals surface area contributed by atoms with Crippen molar-refractivity contribution in [1.82, 2.24) is 5.43 Å². The van der Waals surface area contributed by atoms with E-state index in [1.54, 1.807) is 13.8 Å². The second-order valence-corrected chi connectivity index (χ2v) is 4.39. The van der Waals surface area contributed by atoms with Crippen LogP contribution in [0.25, 0.3) is 0 Å². The third kappa shape index (κ3) is 4.16. The number of ether oxygens (including phenoxy) is 1. The summed E-state index contributed by atoms with van der Waals surface area (Å²) >= 11 is 0. The van der Waals surface area contributed by atoms with Crippen LogP contribution in [0.3, 0.4) is 0 Å². The predicted molar refractivity (Wildman–Crippen MR) is 67.4 cm³/mol. The van der Waals surface area contributed by atoms with E-state index in [4.69, 9.17) is 9.15 Å². The number of aromatic carboxylic acids is 1. The zero-order chi connectivity index (χ0) is 14.7. The maximum absolute atomic E-state index is 11.2. The molecule has 0 bridgehead atoms. The number of nitrogens with one attached hydrogen (secondary N) is 1. The Kier molecular flexibility index (Phi) is 7.08. The summed E-state index contributed by atoms with van der Waals surface area (Å²) in [6.07, 6.45) is 1.40. The van der Waals surface area contributed by atoms with Gasteiger partial charge in [-0.15, -0.1) is 0 Å². The third-order valence-corrected chi connectivity index (χ3v) is 3.07. The number of carboxylic acid groups (broad SMARTS) is 1. The van der Waals surface area contributed by atoms with Gasteiger partial charge in [0.05, 0.1) is 12.3 Å². The van der Waals surface area contributed by atoms with Crippen molar-refractivity contribution >= 4 is 17.8 Å². The molecule has 0 spiro atoms. The van der Waals surface area contributed by atoms with Gasteiger partial charge in [-0.25, -0.2) is 10.2 Å². The van der Waals surface area contributed by atoms with Crippen molar-refractivity contribution in [3.8, 4) is 0 Å². The third-order valence-electron chi connectivity index (χ3n) is 3.07. The van der Waals surface area contributed by atoms with Crippen LogP contribution in [0, 0.1) is 6.92 Å². The number of carbonyl (C=O) groups excluding carboxylic acids is 2. The van der Waals surface area contributed by atoms with Crippen LogP contribution in [0.2, 0.25) is 0 Å². The Morgan fingerprint density at radius 1 is 1.43 bits per heavy atom. The molecule has 7 nitrogen and oxygen atoms in total. The van der Waals surface area contributed by atoms with Crippen molar-refractivity contribution in [1.29, 1.82) is 0 Å². The topological polar surface area (TPSA) is 104 Å². The van der Waals surface area contributed by atoms with Crippen molar-refractivity contribution in [2.24, 2.45) is 5.10 Å². The number of carbonyl (C=O) groups is 2. The second-order valence-electron chi connectivity index (χ2n) is 4.39. The van der Waals surface area contributed by atoms with Gasteiger partial charge >= 0.3 is 57.5 Å². The van der Waals surface area contributed by atoms with Crippen LogP contribution >= 0.6 is 0 Å².